The topological polar surface area (TPSA) is 78.8 Å². The molecule has 1 amide bonds. The molecule has 0 aliphatic carbocycles. The van der Waals surface area contributed by atoms with Crippen LogP contribution in [0.3, 0.4) is 0 Å². The monoisotopic (exact) mass is 303 g/mol. The van der Waals surface area contributed by atoms with Crippen molar-refractivity contribution >= 4 is 21.8 Å². The number of phenols is 1. The van der Waals surface area contributed by atoms with Gasteiger partial charge in [-0.15, -0.1) is 0 Å². The number of carbonyl (C=O) groups excluding carboxylic acids is 1. The summed E-state index contributed by atoms with van der Waals surface area (Å²) in [6, 6.07) is 4.59. The van der Waals surface area contributed by atoms with E-state index in [0.29, 0.717) is 23.2 Å². The van der Waals surface area contributed by atoms with E-state index in [1.165, 1.54) is 6.07 Å². The van der Waals surface area contributed by atoms with Crippen molar-refractivity contribution in [1.29, 1.82) is 0 Å². The maximum atomic E-state index is 11.6. The van der Waals surface area contributed by atoms with Gasteiger partial charge in [-0.2, -0.15) is 0 Å². The first-order valence-electron chi connectivity index (χ1n) is 5.10. The third-order valence-electron chi connectivity index (χ3n) is 1.98. The van der Waals surface area contributed by atoms with E-state index >= 15 is 0 Å². The van der Waals surface area contributed by atoms with Gasteiger partial charge in [-0.3, -0.25) is 4.79 Å². The molecule has 0 radical (unpaired) electrons. The second-order valence-electron chi connectivity index (χ2n) is 3.26. The molecule has 0 unspecified atom stereocenters. The average molecular weight is 304 g/mol. The maximum Gasteiger partial charge on any atom is 0.251 e. The molecule has 17 heavy (non-hydrogen) atoms. The molecule has 0 atom stereocenters. The molecule has 0 saturated carbocycles. The number of amides is 1. The lowest BCUT2D eigenvalue weighted by atomic mass is 10.2. The number of ether oxygens (including phenoxy) is 1. The fraction of sp³-hybridized carbons (Fsp3) is 0.364. The summed E-state index contributed by atoms with van der Waals surface area (Å²) in [6.07, 6.45) is 0. The van der Waals surface area contributed by atoms with E-state index in [9.17, 15) is 9.90 Å². The molecule has 0 saturated heterocycles. The molecular weight excluding hydrogens is 290 g/mol. The Morgan fingerprint density at radius 2 is 2.18 bits per heavy atom. The molecule has 0 bridgehead atoms. The van der Waals surface area contributed by atoms with Crippen molar-refractivity contribution in [3.63, 3.8) is 0 Å². The predicted octanol–water partition coefficient (Wildman–Crippen LogP) is 0.893. The fourth-order valence-electron chi connectivity index (χ4n) is 1.16. The Hall–Kier alpha value is -1.11. The Labute approximate surface area is 108 Å². The molecule has 0 spiro atoms. The number of halogens is 1. The standard InChI is InChI=1S/C11H14BrNO4/c12-9-2-1-8(7-10(9)15)11(16)13-3-5-17-6-4-14/h1-2,7,14-15H,3-6H2,(H,13,16). The van der Waals surface area contributed by atoms with Gasteiger partial charge < -0.3 is 20.3 Å². The van der Waals surface area contributed by atoms with E-state index in [1.54, 1.807) is 12.1 Å². The molecule has 3 N–H and O–H groups in total. The minimum absolute atomic E-state index is 0.0224. The zero-order valence-electron chi connectivity index (χ0n) is 9.15. The lowest BCUT2D eigenvalue weighted by Gasteiger charge is -2.06. The maximum absolute atomic E-state index is 11.6. The number of carbonyl (C=O) groups is 1. The van der Waals surface area contributed by atoms with Gasteiger partial charge in [0.25, 0.3) is 5.91 Å². The molecular formula is C11H14BrNO4. The van der Waals surface area contributed by atoms with Crippen LogP contribution in [0.4, 0.5) is 0 Å². The first-order valence-corrected chi connectivity index (χ1v) is 5.89. The van der Waals surface area contributed by atoms with Crippen molar-refractivity contribution in [1.82, 2.24) is 5.32 Å². The molecule has 0 aliphatic rings. The van der Waals surface area contributed by atoms with Crippen LogP contribution in [0, 0.1) is 0 Å². The van der Waals surface area contributed by atoms with E-state index in [1.807, 2.05) is 0 Å². The summed E-state index contributed by atoms with van der Waals surface area (Å²) in [7, 11) is 0. The fourth-order valence-corrected chi connectivity index (χ4v) is 1.41. The van der Waals surface area contributed by atoms with Crippen LogP contribution in [-0.2, 0) is 4.74 Å². The molecule has 5 nitrogen and oxygen atoms in total. The Morgan fingerprint density at radius 1 is 1.41 bits per heavy atom. The molecule has 94 valence electrons. The van der Waals surface area contributed by atoms with Crippen LogP contribution in [0.5, 0.6) is 5.75 Å². The van der Waals surface area contributed by atoms with E-state index in [2.05, 4.69) is 21.2 Å². The molecule has 0 aliphatic heterocycles. The van der Waals surface area contributed by atoms with Crippen molar-refractivity contribution in [2.24, 2.45) is 0 Å². The van der Waals surface area contributed by atoms with Crippen molar-refractivity contribution in [2.45, 2.75) is 0 Å². The lowest BCUT2D eigenvalue weighted by Crippen LogP contribution is -2.27. The highest BCUT2D eigenvalue weighted by Crippen LogP contribution is 2.24. The van der Waals surface area contributed by atoms with Gasteiger partial charge in [0, 0.05) is 12.1 Å². The largest absolute Gasteiger partial charge is 0.507 e. The van der Waals surface area contributed by atoms with Gasteiger partial charge in [-0.1, -0.05) is 0 Å². The van der Waals surface area contributed by atoms with E-state index in [-0.39, 0.29) is 24.9 Å². The Kier molecular flexibility index (Phi) is 5.96. The molecule has 0 fully saturated rings. The summed E-state index contributed by atoms with van der Waals surface area (Å²) in [5, 5.41) is 20.5. The Morgan fingerprint density at radius 3 is 2.82 bits per heavy atom. The summed E-state index contributed by atoms with van der Waals surface area (Å²) in [4.78, 5) is 11.6. The number of aliphatic hydroxyl groups is 1. The van der Waals surface area contributed by atoms with Crippen molar-refractivity contribution in [3.8, 4) is 5.75 Å². The number of benzene rings is 1. The van der Waals surface area contributed by atoms with Gasteiger partial charge in [0.2, 0.25) is 0 Å². The third-order valence-corrected chi connectivity index (χ3v) is 2.65. The number of aromatic hydroxyl groups is 1. The normalized spacial score (nSPS) is 10.2. The van der Waals surface area contributed by atoms with Gasteiger partial charge in [0.1, 0.15) is 5.75 Å². The minimum Gasteiger partial charge on any atom is -0.507 e. The Bertz CT molecular complexity index is 384. The van der Waals surface area contributed by atoms with Crippen molar-refractivity contribution in [2.75, 3.05) is 26.4 Å². The first-order chi connectivity index (χ1) is 8.15. The quantitative estimate of drug-likeness (QED) is 0.682. The highest BCUT2D eigenvalue weighted by atomic mass is 79.9. The van der Waals surface area contributed by atoms with Crippen LogP contribution in [0.2, 0.25) is 0 Å². The minimum atomic E-state index is -0.277. The summed E-state index contributed by atoms with van der Waals surface area (Å²) in [5.74, 6) is -0.255. The summed E-state index contributed by atoms with van der Waals surface area (Å²) in [5.41, 5.74) is 0.382. The van der Waals surface area contributed by atoms with Gasteiger partial charge >= 0.3 is 0 Å². The van der Waals surface area contributed by atoms with Gasteiger partial charge in [-0.05, 0) is 34.1 Å². The van der Waals surface area contributed by atoms with E-state index in [0.717, 1.165) is 0 Å². The van der Waals surface area contributed by atoms with Crippen LogP contribution in [0.25, 0.3) is 0 Å². The van der Waals surface area contributed by atoms with Crippen molar-refractivity contribution in [3.05, 3.63) is 28.2 Å². The molecule has 1 aromatic rings. The highest BCUT2D eigenvalue weighted by molar-refractivity contribution is 9.10. The van der Waals surface area contributed by atoms with E-state index in [4.69, 9.17) is 9.84 Å². The van der Waals surface area contributed by atoms with Crippen LogP contribution >= 0.6 is 15.9 Å². The van der Waals surface area contributed by atoms with Crippen LogP contribution in [-0.4, -0.2) is 42.5 Å². The van der Waals surface area contributed by atoms with Crippen LogP contribution in [0.15, 0.2) is 22.7 Å². The summed E-state index contributed by atoms with van der Waals surface area (Å²) >= 11 is 3.13. The average Bonchev–Trinajstić information content (AvgIpc) is 2.32. The van der Waals surface area contributed by atoms with Crippen LogP contribution in [0.1, 0.15) is 10.4 Å². The SMILES string of the molecule is O=C(NCCOCCO)c1ccc(Br)c(O)c1. The van der Waals surface area contributed by atoms with Gasteiger partial charge in [-0.25, -0.2) is 0 Å². The number of nitrogens with one attached hydrogen (secondary N) is 1. The second kappa shape index (κ2) is 7.26. The highest BCUT2D eigenvalue weighted by Gasteiger charge is 2.07. The van der Waals surface area contributed by atoms with Gasteiger partial charge in [0.05, 0.1) is 24.3 Å². The lowest BCUT2D eigenvalue weighted by molar-refractivity contribution is 0.0838. The number of rotatable bonds is 6. The van der Waals surface area contributed by atoms with Crippen LogP contribution < -0.4 is 5.32 Å². The zero-order valence-corrected chi connectivity index (χ0v) is 10.7. The van der Waals surface area contributed by atoms with Gasteiger partial charge in [0.15, 0.2) is 0 Å². The summed E-state index contributed by atoms with van der Waals surface area (Å²) in [6.45, 7) is 0.925. The van der Waals surface area contributed by atoms with Crippen molar-refractivity contribution < 1.29 is 19.7 Å². The molecule has 0 heterocycles. The molecule has 6 heteroatoms. The number of hydrogen-bond acceptors (Lipinski definition) is 4. The second-order valence-corrected chi connectivity index (χ2v) is 4.11. The predicted molar refractivity (Wildman–Crippen MR) is 66.0 cm³/mol. The Balaban J connectivity index is 2.39. The molecule has 1 aromatic carbocycles. The number of phenolic OH excluding ortho intramolecular Hbond substituents is 1. The zero-order chi connectivity index (χ0) is 12.7. The molecule has 1 rings (SSSR count). The smallest absolute Gasteiger partial charge is 0.251 e. The first kappa shape index (κ1) is 14.0. The summed E-state index contributed by atoms with van der Waals surface area (Å²) < 4.78 is 5.53. The number of hydrogen-bond donors (Lipinski definition) is 3. The third kappa shape index (κ3) is 4.72. The van der Waals surface area contributed by atoms with E-state index < -0.39 is 0 Å². The molecule has 0 aromatic heterocycles. The number of aliphatic hydroxyl groups excluding tert-OH is 1.